The molecule has 2 rings (SSSR count). The topological polar surface area (TPSA) is 17.1 Å². The highest BCUT2D eigenvalue weighted by atomic mass is 32.1. The van der Waals surface area contributed by atoms with E-state index in [2.05, 4.69) is 51.1 Å². The normalized spacial score (nSPS) is 10.7. The molecular weight excluding hydrogens is 252 g/mol. The lowest BCUT2D eigenvalue weighted by molar-refractivity contribution is -0.117. The van der Waals surface area contributed by atoms with Crippen molar-refractivity contribution < 1.29 is 4.79 Å². The van der Waals surface area contributed by atoms with E-state index in [0.29, 0.717) is 18.6 Å². The standard InChI is InChI=1S/C17H20OS/c1-4-16-7-8-17(19-16)11-15(18)10-14-9-12(2)5-6-13(14)3/h5-9H,4,10-11H2,1-3H3. The molecule has 1 heterocycles. The minimum absolute atomic E-state index is 0.304. The third-order valence-corrected chi connectivity index (χ3v) is 4.56. The third-order valence-electron chi connectivity index (χ3n) is 3.33. The smallest absolute Gasteiger partial charge is 0.142 e. The average molecular weight is 272 g/mol. The second-order valence-electron chi connectivity index (χ2n) is 5.04. The predicted molar refractivity (Wildman–Crippen MR) is 82.0 cm³/mol. The molecule has 0 saturated carbocycles. The summed E-state index contributed by atoms with van der Waals surface area (Å²) in [5, 5.41) is 0. The number of hydrogen-bond acceptors (Lipinski definition) is 2. The predicted octanol–water partition coefficient (Wildman–Crippen LogP) is 4.28. The number of carbonyl (C=O) groups excluding carboxylic acids is 1. The van der Waals surface area contributed by atoms with Gasteiger partial charge in [0.25, 0.3) is 0 Å². The molecule has 0 saturated heterocycles. The van der Waals surface area contributed by atoms with Crippen LogP contribution >= 0.6 is 11.3 Å². The number of ketones is 1. The summed E-state index contributed by atoms with van der Waals surface area (Å²) in [4.78, 5) is 14.7. The van der Waals surface area contributed by atoms with Crippen molar-refractivity contribution in [3.8, 4) is 0 Å². The van der Waals surface area contributed by atoms with Crippen molar-refractivity contribution in [3.63, 3.8) is 0 Å². The zero-order valence-electron chi connectivity index (χ0n) is 11.8. The van der Waals surface area contributed by atoms with Gasteiger partial charge in [-0.3, -0.25) is 4.79 Å². The Hall–Kier alpha value is -1.41. The van der Waals surface area contributed by atoms with Crippen LogP contribution in [0.1, 0.15) is 33.4 Å². The Labute approximate surface area is 119 Å². The summed E-state index contributed by atoms with van der Waals surface area (Å²) in [7, 11) is 0. The molecule has 1 aromatic heterocycles. The molecule has 2 aromatic rings. The molecule has 0 radical (unpaired) electrons. The zero-order chi connectivity index (χ0) is 13.8. The molecule has 0 N–H and O–H groups in total. The van der Waals surface area contributed by atoms with Crippen molar-refractivity contribution in [2.75, 3.05) is 0 Å². The minimum atomic E-state index is 0.304. The first-order valence-electron chi connectivity index (χ1n) is 6.74. The molecule has 0 amide bonds. The van der Waals surface area contributed by atoms with E-state index in [4.69, 9.17) is 0 Å². The fourth-order valence-corrected chi connectivity index (χ4v) is 3.15. The number of hydrogen-bond donors (Lipinski definition) is 0. The van der Waals surface area contributed by atoms with Crippen LogP contribution in [0.3, 0.4) is 0 Å². The Bertz CT molecular complexity index is 581. The van der Waals surface area contributed by atoms with Crippen molar-refractivity contribution in [2.45, 2.75) is 40.0 Å². The van der Waals surface area contributed by atoms with Crippen LogP contribution in [-0.2, 0) is 24.1 Å². The Balaban J connectivity index is 2.03. The van der Waals surface area contributed by atoms with Crippen LogP contribution < -0.4 is 0 Å². The summed E-state index contributed by atoms with van der Waals surface area (Å²) in [5.74, 6) is 0.304. The van der Waals surface area contributed by atoms with Gasteiger partial charge in [-0.15, -0.1) is 11.3 Å². The highest BCUT2D eigenvalue weighted by Crippen LogP contribution is 2.19. The fourth-order valence-electron chi connectivity index (χ4n) is 2.17. The molecule has 1 nitrogen and oxygen atoms in total. The average Bonchev–Trinajstić information content (AvgIpc) is 2.81. The minimum Gasteiger partial charge on any atom is -0.299 e. The maximum Gasteiger partial charge on any atom is 0.142 e. The number of carbonyl (C=O) groups is 1. The van der Waals surface area contributed by atoms with Gasteiger partial charge in [0.05, 0.1) is 0 Å². The second-order valence-corrected chi connectivity index (χ2v) is 6.30. The molecule has 0 bridgehead atoms. The summed E-state index contributed by atoms with van der Waals surface area (Å²) < 4.78 is 0. The lowest BCUT2D eigenvalue weighted by Gasteiger charge is -2.06. The summed E-state index contributed by atoms with van der Waals surface area (Å²) in [5.41, 5.74) is 3.59. The monoisotopic (exact) mass is 272 g/mol. The van der Waals surface area contributed by atoms with Crippen LogP contribution in [-0.4, -0.2) is 5.78 Å². The van der Waals surface area contributed by atoms with E-state index in [9.17, 15) is 4.79 Å². The molecule has 0 spiro atoms. The highest BCUT2D eigenvalue weighted by Gasteiger charge is 2.09. The maximum atomic E-state index is 12.1. The van der Waals surface area contributed by atoms with Gasteiger partial charge in [0.15, 0.2) is 0 Å². The Morgan fingerprint density at radius 3 is 2.47 bits per heavy atom. The number of thiophene rings is 1. The van der Waals surface area contributed by atoms with Gasteiger partial charge in [-0.05, 0) is 43.5 Å². The molecule has 0 atom stereocenters. The Kier molecular flexibility index (Phi) is 4.54. The van der Waals surface area contributed by atoms with E-state index in [1.165, 1.54) is 20.9 Å². The number of Topliss-reactive ketones (excluding diaryl/α,β-unsaturated/α-hetero) is 1. The first-order valence-corrected chi connectivity index (χ1v) is 7.55. The zero-order valence-corrected chi connectivity index (χ0v) is 12.6. The van der Waals surface area contributed by atoms with Crippen molar-refractivity contribution >= 4 is 17.1 Å². The molecule has 2 heteroatoms. The second kappa shape index (κ2) is 6.16. The van der Waals surface area contributed by atoms with Crippen LogP contribution in [0.2, 0.25) is 0 Å². The van der Waals surface area contributed by atoms with E-state index >= 15 is 0 Å². The molecule has 0 aliphatic carbocycles. The van der Waals surface area contributed by atoms with Gasteiger partial charge in [-0.1, -0.05) is 30.7 Å². The van der Waals surface area contributed by atoms with Crippen molar-refractivity contribution in [1.29, 1.82) is 0 Å². The van der Waals surface area contributed by atoms with Gasteiger partial charge in [0.1, 0.15) is 5.78 Å². The summed E-state index contributed by atoms with van der Waals surface area (Å²) >= 11 is 1.76. The van der Waals surface area contributed by atoms with Gasteiger partial charge < -0.3 is 0 Å². The van der Waals surface area contributed by atoms with E-state index in [0.717, 1.165) is 12.0 Å². The first-order chi connectivity index (χ1) is 9.08. The largest absolute Gasteiger partial charge is 0.299 e. The number of benzene rings is 1. The summed E-state index contributed by atoms with van der Waals surface area (Å²) in [6.45, 7) is 6.29. The highest BCUT2D eigenvalue weighted by molar-refractivity contribution is 7.12. The van der Waals surface area contributed by atoms with Crippen molar-refractivity contribution in [2.24, 2.45) is 0 Å². The van der Waals surface area contributed by atoms with Crippen LogP contribution in [0.4, 0.5) is 0 Å². The van der Waals surface area contributed by atoms with Gasteiger partial charge >= 0.3 is 0 Å². The van der Waals surface area contributed by atoms with Crippen LogP contribution in [0.15, 0.2) is 30.3 Å². The maximum absolute atomic E-state index is 12.1. The lowest BCUT2D eigenvalue weighted by Crippen LogP contribution is -2.06. The molecule has 100 valence electrons. The van der Waals surface area contributed by atoms with Crippen LogP contribution in [0, 0.1) is 13.8 Å². The SMILES string of the molecule is CCc1ccc(CC(=O)Cc2cc(C)ccc2C)s1. The molecule has 0 fully saturated rings. The van der Waals surface area contributed by atoms with E-state index in [-0.39, 0.29) is 0 Å². The molecule has 0 unspecified atom stereocenters. The molecule has 1 aromatic carbocycles. The molecule has 19 heavy (non-hydrogen) atoms. The van der Waals surface area contributed by atoms with Crippen LogP contribution in [0.25, 0.3) is 0 Å². The Morgan fingerprint density at radius 2 is 1.79 bits per heavy atom. The molecular formula is C17H20OS. The summed E-state index contributed by atoms with van der Waals surface area (Å²) in [6.07, 6.45) is 2.17. The van der Waals surface area contributed by atoms with E-state index in [1.807, 2.05) is 0 Å². The van der Waals surface area contributed by atoms with Gasteiger partial charge in [-0.25, -0.2) is 0 Å². The third kappa shape index (κ3) is 3.77. The first kappa shape index (κ1) is 14.0. The fraction of sp³-hybridized carbons (Fsp3) is 0.353. The van der Waals surface area contributed by atoms with Crippen LogP contribution in [0.5, 0.6) is 0 Å². The van der Waals surface area contributed by atoms with Crippen molar-refractivity contribution in [1.82, 2.24) is 0 Å². The molecule has 0 aliphatic heterocycles. The van der Waals surface area contributed by atoms with Gasteiger partial charge in [-0.2, -0.15) is 0 Å². The van der Waals surface area contributed by atoms with Crippen molar-refractivity contribution in [3.05, 3.63) is 56.8 Å². The van der Waals surface area contributed by atoms with Gasteiger partial charge in [0, 0.05) is 22.6 Å². The Morgan fingerprint density at radius 1 is 1.05 bits per heavy atom. The number of rotatable bonds is 5. The van der Waals surface area contributed by atoms with Gasteiger partial charge in [0.2, 0.25) is 0 Å². The van der Waals surface area contributed by atoms with E-state index in [1.54, 1.807) is 11.3 Å². The quantitative estimate of drug-likeness (QED) is 0.794. The van der Waals surface area contributed by atoms with E-state index < -0.39 is 0 Å². The molecule has 0 aliphatic rings. The summed E-state index contributed by atoms with van der Waals surface area (Å²) in [6, 6.07) is 10.5. The number of aryl methyl sites for hydroxylation is 3. The lowest BCUT2D eigenvalue weighted by atomic mass is 9.99.